The van der Waals surface area contributed by atoms with Crippen molar-refractivity contribution in [3.8, 4) is 5.75 Å². The predicted molar refractivity (Wildman–Crippen MR) is 124 cm³/mol. The molecule has 0 atom stereocenters. The van der Waals surface area contributed by atoms with Crippen LogP contribution < -0.4 is 4.74 Å². The number of nitrogens with zero attached hydrogens (tertiary/aromatic N) is 2. The Kier molecular flexibility index (Phi) is 7.10. The van der Waals surface area contributed by atoms with Crippen LogP contribution in [0.1, 0.15) is 34.4 Å². The molecule has 0 saturated carbocycles. The van der Waals surface area contributed by atoms with Crippen LogP contribution >= 0.6 is 15.9 Å². The van der Waals surface area contributed by atoms with E-state index in [9.17, 15) is 4.79 Å². The summed E-state index contributed by atoms with van der Waals surface area (Å²) in [4.78, 5) is 17.1. The van der Waals surface area contributed by atoms with E-state index < -0.39 is 0 Å². The average Bonchev–Trinajstić information content (AvgIpc) is 3.29. The van der Waals surface area contributed by atoms with Gasteiger partial charge in [-0.05, 0) is 47.9 Å². The number of ether oxygens (including phenoxy) is 1. The van der Waals surface area contributed by atoms with Crippen molar-refractivity contribution < 1.29 is 13.9 Å². The van der Waals surface area contributed by atoms with Gasteiger partial charge in [0.2, 0.25) is 0 Å². The molecule has 1 amide bonds. The van der Waals surface area contributed by atoms with Crippen LogP contribution in [0.5, 0.6) is 5.75 Å². The summed E-state index contributed by atoms with van der Waals surface area (Å²) in [6.45, 7) is 6.39. The van der Waals surface area contributed by atoms with E-state index in [2.05, 4.69) is 58.1 Å². The molecule has 1 fully saturated rings. The van der Waals surface area contributed by atoms with Gasteiger partial charge in [-0.25, -0.2) is 0 Å². The summed E-state index contributed by atoms with van der Waals surface area (Å²) in [6.07, 6.45) is 1.00. The molecule has 1 aliphatic rings. The van der Waals surface area contributed by atoms with Crippen molar-refractivity contribution >= 4 is 21.8 Å². The Morgan fingerprint density at radius 3 is 2.45 bits per heavy atom. The van der Waals surface area contributed by atoms with Crippen LogP contribution in [-0.2, 0) is 19.6 Å². The van der Waals surface area contributed by atoms with E-state index in [4.69, 9.17) is 9.15 Å². The zero-order valence-electron chi connectivity index (χ0n) is 17.7. The van der Waals surface area contributed by atoms with Crippen molar-refractivity contribution in [2.24, 2.45) is 0 Å². The van der Waals surface area contributed by atoms with E-state index in [0.717, 1.165) is 36.3 Å². The van der Waals surface area contributed by atoms with Crippen LogP contribution in [0.15, 0.2) is 69.6 Å². The van der Waals surface area contributed by atoms with Crippen LogP contribution in [0, 0.1) is 0 Å². The second kappa shape index (κ2) is 10.2. The molecule has 0 N–H and O–H groups in total. The minimum Gasteiger partial charge on any atom is -0.486 e. The van der Waals surface area contributed by atoms with Gasteiger partial charge in [0.1, 0.15) is 18.1 Å². The molecule has 0 spiro atoms. The maximum absolute atomic E-state index is 12.8. The van der Waals surface area contributed by atoms with E-state index in [1.807, 2.05) is 29.2 Å². The summed E-state index contributed by atoms with van der Waals surface area (Å²) >= 11 is 3.61. The second-order valence-corrected chi connectivity index (χ2v) is 8.57. The topological polar surface area (TPSA) is 45.9 Å². The smallest absolute Gasteiger partial charge is 0.289 e. The zero-order chi connectivity index (χ0) is 21.6. The van der Waals surface area contributed by atoms with Gasteiger partial charge in [0.15, 0.2) is 5.76 Å². The summed E-state index contributed by atoms with van der Waals surface area (Å²) in [5.74, 6) is 1.76. The fourth-order valence-electron chi connectivity index (χ4n) is 3.68. The third kappa shape index (κ3) is 5.57. The third-order valence-electron chi connectivity index (χ3n) is 5.60. The highest BCUT2D eigenvalue weighted by molar-refractivity contribution is 9.10. The molecule has 1 saturated heterocycles. The molecule has 162 valence electrons. The lowest BCUT2D eigenvalue weighted by atomic mass is 10.2. The van der Waals surface area contributed by atoms with Gasteiger partial charge in [-0.2, -0.15) is 0 Å². The SMILES string of the molecule is CCc1ccc(OCc2ccc(C(=O)N3CCN(Cc4ccccc4Br)CC3)o2)cc1. The number of rotatable bonds is 7. The van der Waals surface area contributed by atoms with Crippen molar-refractivity contribution in [3.63, 3.8) is 0 Å². The molecular weight excluding hydrogens is 456 g/mol. The molecule has 2 heterocycles. The number of hydrogen-bond donors (Lipinski definition) is 0. The van der Waals surface area contributed by atoms with E-state index in [1.165, 1.54) is 11.1 Å². The van der Waals surface area contributed by atoms with Crippen LogP contribution in [0.4, 0.5) is 0 Å². The van der Waals surface area contributed by atoms with Crippen LogP contribution in [0.25, 0.3) is 0 Å². The average molecular weight is 483 g/mol. The van der Waals surface area contributed by atoms with Gasteiger partial charge in [0, 0.05) is 37.2 Å². The van der Waals surface area contributed by atoms with Crippen LogP contribution in [-0.4, -0.2) is 41.9 Å². The molecule has 2 aromatic carbocycles. The normalized spacial score (nSPS) is 14.6. The van der Waals surface area contributed by atoms with E-state index in [0.29, 0.717) is 31.2 Å². The highest BCUT2D eigenvalue weighted by atomic mass is 79.9. The lowest BCUT2D eigenvalue weighted by Gasteiger charge is -2.34. The fraction of sp³-hybridized carbons (Fsp3) is 0.320. The Morgan fingerprint density at radius 2 is 1.74 bits per heavy atom. The number of aryl methyl sites for hydroxylation is 1. The quantitative estimate of drug-likeness (QED) is 0.467. The number of amides is 1. The maximum atomic E-state index is 12.8. The number of carbonyl (C=O) groups excluding carboxylic acids is 1. The Labute approximate surface area is 191 Å². The summed E-state index contributed by atoms with van der Waals surface area (Å²) in [5, 5.41) is 0. The van der Waals surface area contributed by atoms with E-state index in [1.54, 1.807) is 6.07 Å². The molecule has 3 aromatic rings. The largest absolute Gasteiger partial charge is 0.486 e. The summed E-state index contributed by atoms with van der Waals surface area (Å²) in [7, 11) is 0. The molecule has 0 unspecified atom stereocenters. The molecule has 0 aliphatic carbocycles. The first kappa shape index (κ1) is 21.7. The van der Waals surface area contributed by atoms with Gasteiger partial charge >= 0.3 is 0 Å². The molecule has 0 bridgehead atoms. The monoisotopic (exact) mass is 482 g/mol. The van der Waals surface area contributed by atoms with E-state index >= 15 is 0 Å². The molecule has 1 aliphatic heterocycles. The Hall–Kier alpha value is -2.57. The van der Waals surface area contributed by atoms with Gasteiger partial charge in [0.05, 0.1) is 0 Å². The molecule has 1 aromatic heterocycles. The van der Waals surface area contributed by atoms with Gasteiger partial charge in [0.25, 0.3) is 5.91 Å². The number of piperazine rings is 1. The summed E-state index contributed by atoms with van der Waals surface area (Å²) in [5.41, 5.74) is 2.54. The molecular formula is C25H27BrN2O3. The Balaban J connectivity index is 1.27. The van der Waals surface area contributed by atoms with Gasteiger partial charge in [-0.3, -0.25) is 9.69 Å². The lowest BCUT2D eigenvalue weighted by Crippen LogP contribution is -2.48. The van der Waals surface area contributed by atoms with Crippen molar-refractivity contribution in [3.05, 3.63) is 87.8 Å². The van der Waals surface area contributed by atoms with E-state index in [-0.39, 0.29) is 5.91 Å². The van der Waals surface area contributed by atoms with Crippen molar-refractivity contribution in [1.82, 2.24) is 9.80 Å². The number of furan rings is 1. The van der Waals surface area contributed by atoms with Crippen molar-refractivity contribution in [2.75, 3.05) is 26.2 Å². The Morgan fingerprint density at radius 1 is 1.00 bits per heavy atom. The van der Waals surface area contributed by atoms with Gasteiger partial charge < -0.3 is 14.1 Å². The highest BCUT2D eigenvalue weighted by Crippen LogP contribution is 2.20. The zero-order valence-corrected chi connectivity index (χ0v) is 19.3. The maximum Gasteiger partial charge on any atom is 0.289 e. The lowest BCUT2D eigenvalue weighted by molar-refractivity contribution is 0.0594. The third-order valence-corrected chi connectivity index (χ3v) is 6.37. The number of benzene rings is 2. The van der Waals surface area contributed by atoms with Crippen LogP contribution in [0.3, 0.4) is 0 Å². The molecule has 31 heavy (non-hydrogen) atoms. The predicted octanol–water partition coefficient (Wildman–Crippen LogP) is 5.14. The molecule has 5 nitrogen and oxygen atoms in total. The van der Waals surface area contributed by atoms with Crippen molar-refractivity contribution in [2.45, 2.75) is 26.5 Å². The number of carbonyl (C=O) groups is 1. The van der Waals surface area contributed by atoms with Gasteiger partial charge in [-0.15, -0.1) is 0 Å². The molecule has 6 heteroatoms. The standard InChI is InChI=1S/C25H27BrN2O3/c1-2-19-7-9-21(10-8-19)30-18-22-11-12-24(31-22)25(29)28-15-13-27(14-16-28)17-20-5-3-4-6-23(20)26/h3-12H,2,13-18H2,1H3. The first-order valence-corrected chi connectivity index (χ1v) is 11.5. The number of hydrogen-bond acceptors (Lipinski definition) is 4. The first-order chi connectivity index (χ1) is 15.1. The first-order valence-electron chi connectivity index (χ1n) is 10.7. The Bertz CT molecular complexity index is 1010. The minimum absolute atomic E-state index is 0.0564. The fourth-order valence-corrected chi connectivity index (χ4v) is 4.09. The minimum atomic E-state index is -0.0564. The summed E-state index contributed by atoms with van der Waals surface area (Å²) < 4.78 is 12.7. The van der Waals surface area contributed by atoms with Crippen LogP contribution in [0.2, 0.25) is 0 Å². The number of halogens is 1. The second-order valence-electron chi connectivity index (χ2n) is 7.71. The molecule has 0 radical (unpaired) electrons. The van der Waals surface area contributed by atoms with Gasteiger partial charge in [-0.1, -0.05) is 53.2 Å². The molecule has 4 rings (SSSR count). The summed E-state index contributed by atoms with van der Waals surface area (Å²) in [6, 6.07) is 19.9. The highest BCUT2D eigenvalue weighted by Gasteiger charge is 2.24. The van der Waals surface area contributed by atoms with Crippen molar-refractivity contribution in [1.29, 1.82) is 0 Å².